The molecule has 1 aliphatic heterocycles. The van der Waals surface area contributed by atoms with Gasteiger partial charge in [-0.25, -0.2) is 13.6 Å². The highest BCUT2D eigenvalue weighted by Crippen LogP contribution is 2.30. The highest BCUT2D eigenvalue weighted by atomic mass is 35.5. The minimum atomic E-state index is -1.05. The number of benzene rings is 2. The van der Waals surface area contributed by atoms with Gasteiger partial charge >= 0.3 is 5.97 Å². The fraction of sp³-hybridized carbons (Fsp3) is 0.111. The molecule has 1 aliphatic rings. The first kappa shape index (κ1) is 18.1. The molecular formula is C18H10ClF2N3O4. The number of nitrogens with zero attached hydrogens (tertiary/aromatic N) is 2. The molecule has 1 N–H and O–H groups in total. The molecule has 1 aromatic heterocycles. The van der Waals surface area contributed by atoms with Gasteiger partial charge in [0.05, 0.1) is 17.0 Å². The van der Waals surface area contributed by atoms with Crippen molar-refractivity contribution < 1.29 is 27.6 Å². The number of rotatable bonds is 4. The number of aromatic nitrogens is 2. The Labute approximate surface area is 161 Å². The van der Waals surface area contributed by atoms with E-state index in [1.165, 1.54) is 18.2 Å². The van der Waals surface area contributed by atoms with Crippen molar-refractivity contribution in [3.05, 3.63) is 64.0 Å². The molecule has 3 aromatic rings. The standard InChI is InChI=1S/C18H10ClF2N3O4/c19-11-6-14-9(5-15(25)22-14)3-10(11)18(26)27-7-16-23-17(24-28-16)8-1-2-12(20)13(21)4-8/h1-4,6H,5,7H2,(H,22,25). The molecule has 0 bridgehead atoms. The molecule has 0 saturated heterocycles. The van der Waals surface area contributed by atoms with Crippen LogP contribution in [0.3, 0.4) is 0 Å². The van der Waals surface area contributed by atoms with Gasteiger partial charge in [0.2, 0.25) is 11.7 Å². The van der Waals surface area contributed by atoms with E-state index in [1.807, 2.05) is 0 Å². The Balaban J connectivity index is 1.46. The van der Waals surface area contributed by atoms with E-state index in [9.17, 15) is 18.4 Å². The Hall–Kier alpha value is -3.33. The van der Waals surface area contributed by atoms with E-state index in [4.69, 9.17) is 20.9 Å². The third kappa shape index (κ3) is 3.44. The number of carbonyl (C=O) groups is 2. The van der Waals surface area contributed by atoms with E-state index < -0.39 is 17.6 Å². The van der Waals surface area contributed by atoms with E-state index in [1.54, 1.807) is 0 Å². The average Bonchev–Trinajstić information content (AvgIpc) is 3.26. The van der Waals surface area contributed by atoms with Gasteiger partial charge in [-0.05, 0) is 35.9 Å². The Kier molecular flexibility index (Phi) is 4.52. The van der Waals surface area contributed by atoms with Crippen LogP contribution in [-0.2, 0) is 22.6 Å². The van der Waals surface area contributed by atoms with Gasteiger partial charge in [-0.15, -0.1) is 0 Å². The Bertz CT molecular complexity index is 1120. The van der Waals surface area contributed by atoms with Gasteiger partial charge < -0.3 is 14.6 Å². The zero-order valence-corrected chi connectivity index (χ0v) is 14.7. The number of esters is 1. The molecule has 2 aromatic carbocycles. The van der Waals surface area contributed by atoms with E-state index in [0.717, 1.165) is 12.1 Å². The number of amides is 1. The van der Waals surface area contributed by atoms with Crippen LogP contribution in [0.2, 0.25) is 5.02 Å². The van der Waals surface area contributed by atoms with Crippen LogP contribution < -0.4 is 5.32 Å². The Morgan fingerprint density at radius 3 is 2.86 bits per heavy atom. The number of hydrogen-bond donors (Lipinski definition) is 1. The van der Waals surface area contributed by atoms with Crippen LogP contribution in [0.25, 0.3) is 11.4 Å². The summed E-state index contributed by atoms with van der Waals surface area (Å²) in [6.45, 7) is -0.347. The number of hydrogen-bond acceptors (Lipinski definition) is 6. The minimum absolute atomic E-state index is 0.0186. The van der Waals surface area contributed by atoms with Crippen LogP contribution in [0.1, 0.15) is 21.8 Å². The first-order chi connectivity index (χ1) is 13.4. The van der Waals surface area contributed by atoms with Gasteiger partial charge in [0.25, 0.3) is 5.89 Å². The maximum atomic E-state index is 13.3. The summed E-state index contributed by atoms with van der Waals surface area (Å²) in [5.41, 5.74) is 1.50. The molecule has 0 atom stereocenters. The summed E-state index contributed by atoms with van der Waals surface area (Å²) in [6.07, 6.45) is 0.147. The zero-order valence-electron chi connectivity index (χ0n) is 14.0. The summed E-state index contributed by atoms with van der Waals surface area (Å²) in [7, 11) is 0. The van der Waals surface area contributed by atoms with Crippen molar-refractivity contribution in [3.8, 4) is 11.4 Å². The summed E-state index contributed by atoms with van der Waals surface area (Å²) in [5.74, 6) is -2.99. The van der Waals surface area contributed by atoms with Gasteiger partial charge in [-0.3, -0.25) is 4.79 Å². The summed E-state index contributed by atoms with van der Waals surface area (Å²) in [5, 5.41) is 6.40. The van der Waals surface area contributed by atoms with Gasteiger partial charge in [-0.1, -0.05) is 16.8 Å². The van der Waals surface area contributed by atoms with Crippen molar-refractivity contribution in [3.63, 3.8) is 0 Å². The second-order valence-electron chi connectivity index (χ2n) is 5.93. The predicted molar refractivity (Wildman–Crippen MR) is 92.6 cm³/mol. The summed E-state index contributed by atoms with van der Waals surface area (Å²) >= 11 is 6.07. The monoisotopic (exact) mass is 405 g/mol. The molecule has 10 heteroatoms. The molecule has 4 rings (SSSR count). The van der Waals surface area contributed by atoms with Crippen molar-refractivity contribution in [2.75, 3.05) is 5.32 Å². The molecule has 0 unspecified atom stereocenters. The van der Waals surface area contributed by atoms with Crippen molar-refractivity contribution in [1.29, 1.82) is 0 Å². The number of nitrogens with one attached hydrogen (secondary N) is 1. The molecule has 0 saturated carbocycles. The molecule has 0 fully saturated rings. The Morgan fingerprint density at radius 1 is 1.25 bits per heavy atom. The minimum Gasteiger partial charge on any atom is -0.452 e. The van der Waals surface area contributed by atoms with Crippen molar-refractivity contribution >= 4 is 29.2 Å². The fourth-order valence-electron chi connectivity index (χ4n) is 2.68. The zero-order chi connectivity index (χ0) is 19.8. The molecule has 1 amide bonds. The van der Waals surface area contributed by atoms with Crippen molar-refractivity contribution in [1.82, 2.24) is 10.1 Å². The lowest BCUT2D eigenvalue weighted by molar-refractivity contribution is -0.115. The third-order valence-electron chi connectivity index (χ3n) is 4.01. The number of fused-ring (bicyclic) bond motifs is 1. The Morgan fingerprint density at radius 2 is 2.07 bits per heavy atom. The first-order valence-electron chi connectivity index (χ1n) is 7.98. The number of ether oxygens (including phenoxy) is 1. The molecule has 2 heterocycles. The van der Waals surface area contributed by atoms with Crippen molar-refractivity contribution in [2.24, 2.45) is 0 Å². The van der Waals surface area contributed by atoms with E-state index in [0.29, 0.717) is 11.3 Å². The third-order valence-corrected chi connectivity index (χ3v) is 4.32. The lowest BCUT2D eigenvalue weighted by Gasteiger charge is -2.06. The number of carbonyl (C=O) groups excluding carboxylic acids is 2. The normalized spacial score (nSPS) is 12.6. The summed E-state index contributed by atoms with van der Waals surface area (Å²) in [4.78, 5) is 27.7. The first-order valence-corrected chi connectivity index (χ1v) is 8.36. The lowest BCUT2D eigenvalue weighted by atomic mass is 10.1. The van der Waals surface area contributed by atoms with Crippen molar-refractivity contribution in [2.45, 2.75) is 13.0 Å². The summed E-state index contributed by atoms with van der Waals surface area (Å²) < 4.78 is 36.4. The molecule has 142 valence electrons. The average molecular weight is 406 g/mol. The highest BCUT2D eigenvalue weighted by Gasteiger charge is 2.23. The molecule has 0 aliphatic carbocycles. The van der Waals surface area contributed by atoms with Crippen LogP contribution in [0.15, 0.2) is 34.9 Å². The fourth-order valence-corrected chi connectivity index (χ4v) is 2.92. The van der Waals surface area contributed by atoms with Crippen LogP contribution in [-0.4, -0.2) is 22.0 Å². The maximum absolute atomic E-state index is 13.3. The van der Waals surface area contributed by atoms with E-state index in [-0.39, 0.29) is 46.8 Å². The predicted octanol–water partition coefficient (Wildman–Crippen LogP) is 3.52. The molecule has 7 nitrogen and oxygen atoms in total. The largest absolute Gasteiger partial charge is 0.452 e. The van der Waals surface area contributed by atoms with Crippen LogP contribution in [0.5, 0.6) is 0 Å². The van der Waals surface area contributed by atoms with Gasteiger partial charge in [0, 0.05) is 11.3 Å². The number of halogens is 3. The SMILES string of the molecule is O=C1Cc2cc(C(=O)OCc3nc(-c4ccc(F)c(F)c4)no3)c(Cl)cc2N1. The second kappa shape index (κ2) is 7.01. The van der Waals surface area contributed by atoms with E-state index in [2.05, 4.69) is 15.5 Å². The van der Waals surface area contributed by atoms with E-state index >= 15 is 0 Å². The topological polar surface area (TPSA) is 94.3 Å². The van der Waals surface area contributed by atoms with Crippen LogP contribution >= 0.6 is 11.6 Å². The van der Waals surface area contributed by atoms with Crippen LogP contribution in [0.4, 0.5) is 14.5 Å². The van der Waals surface area contributed by atoms with Gasteiger partial charge in [0.1, 0.15) is 0 Å². The number of anilines is 1. The maximum Gasteiger partial charge on any atom is 0.340 e. The molecule has 0 spiro atoms. The van der Waals surface area contributed by atoms with Crippen LogP contribution in [0, 0.1) is 11.6 Å². The quantitative estimate of drug-likeness (QED) is 0.667. The molecular weight excluding hydrogens is 396 g/mol. The molecule has 28 heavy (non-hydrogen) atoms. The highest BCUT2D eigenvalue weighted by molar-refractivity contribution is 6.34. The summed E-state index contributed by atoms with van der Waals surface area (Å²) in [6, 6.07) is 6.12. The lowest BCUT2D eigenvalue weighted by Crippen LogP contribution is -2.07. The second-order valence-corrected chi connectivity index (χ2v) is 6.34. The smallest absolute Gasteiger partial charge is 0.340 e. The molecule has 0 radical (unpaired) electrons. The van der Waals surface area contributed by atoms with Gasteiger partial charge in [-0.2, -0.15) is 4.98 Å². The van der Waals surface area contributed by atoms with Gasteiger partial charge in [0.15, 0.2) is 18.2 Å².